The fourth-order valence-corrected chi connectivity index (χ4v) is 1.18. The summed E-state index contributed by atoms with van der Waals surface area (Å²) in [5, 5.41) is 6.07. The standard InChI is InChI=1S/C12H17N2O/c1-10(2)13-8-9-14-12(15)11-6-4-3-5-7-11/h4-7,10,13H,8-9H2,1-2H3,(H,14,15). The van der Waals surface area contributed by atoms with E-state index in [9.17, 15) is 4.79 Å². The van der Waals surface area contributed by atoms with E-state index < -0.39 is 0 Å². The van der Waals surface area contributed by atoms with Crippen molar-refractivity contribution in [2.45, 2.75) is 19.9 Å². The summed E-state index contributed by atoms with van der Waals surface area (Å²) in [5.74, 6) is -0.0328. The number of hydrogen-bond acceptors (Lipinski definition) is 2. The molecule has 3 heteroatoms. The van der Waals surface area contributed by atoms with E-state index in [0.717, 1.165) is 6.54 Å². The first-order chi connectivity index (χ1) is 7.20. The highest BCUT2D eigenvalue weighted by Gasteiger charge is 2.02. The lowest BCUT2D eigenvalue weighted by atomic mass is 10.2. The quantitative estimate of drug-likeness (QED) is 0.709. The van der Waals surface area contributed by atoms with Crippen molar-refractivity contribution in [3.63, 3.8) is 0 Å². The third-order valence-corrected chi connectivity index (χ3v) is 1.94. The third-order valence-electron chi connectivity index (χ3n) is 1.94. The molecule has 0 aliphatic carbocycles. The summed E-state index contributed by atoms with van der Waals surface area (Å²) in [6.45, 7) is 5.60. The number of benzene rings is 1. The van der Waals surface area contributed by atoms with Gasteiger partial charge in [-0.25, -0.2) is 0 Å². The van der Waals surface area contributed by atoms with E-state index in [-0.39, 0.29) is 5.91 Å². The second-order valence-electron chi connectivity index (χ2n) is 3.65. The Morgan fingerprint density at radius 1 is 1.33 bits per heavy atom. The number of nitrogens with one attached hydrogen (secondary N) is 2. The molecule has 0 aliphatic heterocycles. The minimum Gasteiger partial charge on any atom is -0.351 e. The van der Waals surface area contributed by atoms with Crippen LogP contribution in [0.15, 0.2) is 24.3 Å². The van der Waals surface area contributed by atoms with Gasteiger partial charge in [-0.15, -0.1) is 0 Å². The molecule has 0 unspecified atom stereocenters. The molecule has 3 nitrogen and oxygen atoms in total. The molecule has 1 aromatic carbocycles. The summed E-state index contributed by atoms with van der Waals surface area (Å²) in [6, 6.07) is 10.3. The molecule has 15 heavy (non-hydrogen) atoms. The lowest BCUT2D eigenvalue weighted by Crippen LogP contribution is -2.34. The van der Waals surface area contributed by atoms with Gasteiger partial charge in [-0.1, -0.05) is 26.0 Å². The highest BCUT2D eigenvalue weighted by atomic mass is 16.1. The van der Waals surface area contributed by atoms with Crippen molar-refractivity contribution in [2.75, 3.05) is 13.1 Å². The molecule has 0 saturated heterocycles. The van der Waals surface area contributed by atoms with Crippen molar-refractivity contribution >= 4 is 5.91 Å². The van der Waals surface area contributed by atoms with Crippen LogP contribution in [-0.2, 0) is 0 Å². The van der Waals surface area contributed by atoms with E-state index in [4.69, 9.17) is 0 Å². The Balaban J connectivity index is 2.25. The molecule has 2 N–H and O–H groups in total. The number of carbonyl (C=O) groups is 1. The van der Waals surface area contributed by atoms with E-state index in [2.05, 4.69) is 30.5 Å². The van der Waals surface area contributed by atoms with Crippen LogP contribution in [0.3, 0.4) is 0 Å². The van der Waals surface area contributed by atoms with Gasteiger partial charge in [0.05, 0.1) is 0 Å². The molecule has 1 radical (unpaired) electrons. The minimum atomic E-state index is -0.0328. The zero-order valence-corrected chi connectivity index (χ0v) is 9.21. The van der Waals surface area contributed by atoms with E-state index in [1.54, 1.807) is 24.3 Å². The fourth-order valence-electron chi connectivity index (χ4n) is 1.18. The first-order valence-electron chi connectivity index (χ1n) is 5.18. The molecule has 0 spiro atoms. The SMILES string of the molecule is CC(C)NCCNC(=O)c1cc[c]cc1. The number of hydrogen-bond donors (Lipinski definition) is 2. The van der Waals surface area contributed by atoms with E-state index in [1.165, 1.54) is 0 Å². The summed E-state index contributed by atoms with van der Waals surface area (Å²) >= 11 is 0. The second-order valence-corrected chi connectivity index (χ2v) is 3.65. The van der Waals surface area contributed by atoms with E-state index in [0.29, 0.717) is 18.2 Å². The average Bonchev–Trinajstić information content (AvgIpc) is 2.25. The van der Waals surface area contributed by atoms with Gasteiger partial charge in [0.15, 0.2) is 0 Å². The van der Waals surface area contributed by atoms with Gasteiger partial charge < -0.3 is 10.6 Å². The molecule has 1 aromatic rings. The molecule has 0 fully saturated rings. The normalized spacial score (nSPS) is 10.3. The maximum atomic E-state index is 11.5. The smallest absolute Gasteiger partial charge is 0.251 e. The minimum absolute atomic E-state index is 0.0328. The Morgan fingerprint density at radius 3 is 2.60 bits per heavy atom. The molecule has 1 amide bonds. The van der Waals surface area contributed by atoms with Crippen molar-refractivity contribution in [1.82, 2.24) is 10.6 Å². The van der Waals surface area contributed by atoms with Gasteiger partial charge in [0.2, 0.25) is 0 Å². The van der Waals surface area contributed by atoms with Crippen molar-refractivity contribution in [3.8, 4) is 0 Å². The monoisotopic (exact) mass is 205 g/mol. The Labute approximate surface area is 90.9 Å². The van der Waals surface area contributed by atoms with Crippen LogP contribution in [0.5, 0.6) is 0 Å². The van der Waals surface area contributed by atoms with Crippen molar-refractivity contribution in [1.29, 1.82) is 0 Å². The molecular weight excluding hydrogens is 188 g/mol. The van der Waals surface area contributed by atoms with Gasteiger partial charge in [-0.2, -0.15) is 0 Å². The van der Waals surface area contributed by atoms with Gasteiger partial charge in [0.25, 0.3) is 5.91 Å². The van der Waals surface area contributed by atoms with Gasteiger partial charge in [0, 0.05) is 24.7 Å². The Bertz CT molecular complexity index is 296. The first-order valence-corrected chi connectivity index (χ1v) is 5.18. The summed E-state index contributed by atoms with van der Waals surface area (Å²) in [4.78, 5) is 11.5. The average molecular weight is 205 g/mol. The molecule has 0 saturated carbocycles. The molecule has 81 valence electrons. The van der Waals surface area contributed by atoms with Crippen LogP contribution in [-0.4, -0.2) is 25.0 Å². The molecule has 0 atom stereocenters. The van der Waals surface area contributed by atoms with Crippen LogP contribution in [0.25, 0.3) is 0 Å². The van der Waals surface area contributed by atoms with Crippen LogP contribution in [0, 0.1) is 6.07 Å². The first kappa shape index (κ1) is 11.7. The van der Waals surface area contributed by atoms with Gasteiger partial charge in [-0.05, 0) is 18.2 Å². The van der Waals surface area contributed by atoms with Gasteiger partial charge in [0.1, 0.15) is 0 Å². The maximum absolute atomic E-state index is 11.5. The zero-order chi connectivity index (χ0) is 11.1. The van der Waals surface area contributed by atoms with Crippen LogP contribution >= 0.6 is 0 Å². The zero-order valence-electron chi connectivity index (χ0n) is 9.21. The van der Waals surface area contributed by atoms with Crippen molar-refractivity contribution in [3.05, 3.63) is 35.9 Å². The number of amides is 1. The second kappa shape index (κ2) is 6.19. The Kier molecular flexibility index (Phi) is 4.84. The lowest BCUT2D eigenvalue weighted by Gasteiger charge is -2.08. The summed E-state index contributed by atoms with van der Waals surface area (Å²) in [5.41, 5.74) is 0.679. The maximum Gasteiger partial charge on any atom is 0.251 e. The largest absolute Gasteiger partial charge is 0.351 e. The number of rotatable bonds is 5. The van der Waals surface area contributed by atoms with E-state index >= 15 is 0 Å². The number of carbonyl (C=O) groups excluding carboxylic acids is 1. The van der Waals surface area contributed by atoms with Crippen LogP contribution in [0.4, 0.5) is 0 Å². The Morgan fingerprint density at radius 2 is 2.00 bits per heavy atom. The molecule has 0 heterocycles. The molecule has 0 aliphatic rings. The van der Waals surface area contributed by atoms with E-state index in [1.807, 2.05) is 0 Å². The van der Waals surface area contributed by atoms with Gasteiger partial charge >= 0.3 is 0 Å². The highest BCUT2D eigenvalue weighted by molar-refractivity contribution is 5.94. The van der Waals surface area contributed by atoms with Crippen molar-refractivity contribution in [2.24, 2.45) is 0 Å². The van der Waals surface area contributed by atoms with Gasteiger partial charge in [-0.3, -0.25) is 4.79 Å². The summed E-state index contributed by atoms with van der Waals surface area (Å²) < 4.78 is 0. The molecule has 0 bridgehead atoms. The molecule has 1 rings (SSSR count). The predicted molar refractivity (Wildman–Crippen MR) is 60.7 cm³/mol. The van der Waals surface area contributed by atoms with Crippen LogP contribution in [0.1, 0.15) is 24.2 Å². The topological polar surface area (TPSA) is 41.1 Å². The lowest BCUT2D eigenvalue weighted by molar-refractivity contribution is 0.0953. The van der Waals surface area contributed by atoms with Crippen LogP contribution in [0.2, 0.25) is 0 Å². The highest BCUT2D eigenvalue weighted by Crippen LogP contribution is 1.96. The summed E-state index contributed by atoms with van der Waals surface area (Å²) in [7, 11) is 0. The molecular formula is C12H17N2O. The van der Waals surface area contributed by atoms with Crippen LogP contribution < -0.4 is 10.6 Å². The predicted octanol–water partition coefficient (Wildman–Crippen LogP) is 1.21. The van der Waals surface area contributed by atoms with Crippen molar-refractivity contribution < 1.29 is 4.79 Å². The third kappa shape index (κ3) is 4.61. The molecule has 0 aromatic heterocycles. The summed E-state index contributed by atoms with van der Waals surface area (Å²) in [6.07, 6.45) is 0. The fraction of sp³-hybridized carbons (Fsp3) is 0.417. The Hall–Kier alpha value is -1.35.